The number of hydrogen-bond donors (Lipinski definition) is 2. The van der Waals surface area contributed by atoms with Gasteiger partial charge in [-0.3, -0.25) is 14.5 Å². The van der Waals surface area contributed by atoms with Crippen molar-refractivity contribution in [3.63, 3.8) is 0 Å². The zero-order chi connectivity index (χ0) is 25.8. The Morgan fingerprint density at radius 3 is 2.51 bits per heavy atom. The van der Waals surface area contributed by atoms with E-state index in [1.807, 2.05) is 27.7 Å². The topological polar surface area (TPSA) is 96.3 Å². The van der Waals surface area contributed by atoms with E-state index in [9.17, 15) is 19.8 Å². The maximum atomic E-state index is 13.4. The standard InChI is InChI=1S/C28H39NO6/c1-8-9-10-11-12-14(2)24(31)23-26(32)28(29(7)27(23)33)17(5)25-22-20(35-28)13-19(30)16(4)21(22)15(3)18(6)34-25/h13-15,17-18,25,30,32H,8-12H2,1-7H3/t14-,15+,17+,18+,25+,28-/m0/s1. The van der Waals surface area contributed by atoms with Gasteiger partial charge in [-0.1, -0.05) is 53.4 Å². The summed E-state index contributed by atoms with van der Waals surface area (Å²) in [7, 11) is 1.55. The van der Waals surface area contributed by atoms with Crippen LogP contribution in [0.5, 0.6) is 11.5 Å². The molecule has 3 heterocycles. The van der Waals surface area contributed by atoms with Crippen LogP contribution >= 0.6 is 0 Å². The number of amides is 1. The van der Waals surface area contributed by atoms with Crippen LogP contribution in [0, 0.1) is 18.8 Å². The monoisotopic (exact) mass is 485 g/mol. The molecular formula is C28H39NO6. The summed E-state index contributed by atoms with van der Waals surface area (Å²) in [5.41, 5.74) is 0.840. The van der Waals surface area contributed by atoms with Gasteiger partial charge in [-0.15, -0.1) is 0 Å². The molecule has 2 N–H and O–H groups in total. The van der Waals surface area contributed by atoms with E-state index in [4.69, 9.17) is 9.47 Å². The molecule has 0 unspecified atom stereocenters. The summed E-state index contributed by atoms with van der Waals surface area (Å²) in [5, 5.41) is 22.2. The van der Waals surface area contributed by atoms with Crippen molar-refractivity contribution >= 4 is 11.7 Å². The molecule has 1 spiro atoms. The first-order valence-corrected chi connectivity index (χ1v) is 13.0. The van der Waals surface area contributed by atoms with Crippen molar-refractivity contribution in [3.8, 4) is 11.5 Å². The summed E-state index contributed by atoms with van der Waals surface area (Å²) in [6.07, 6.45) is 4.20. The predicted molar refractivity (Wildman–Crippen MR) is 132 cm³/mol. The van der Waals surface area contributed by atoms with Crippen molar-refractivity contribution in [1.29, 1.82) is 0 Å². The van der Waals surface area contributed by atoms with E-state index in [0.29, 0.717) is 12.2 Å². The highest BCUT2D eigenvalue weighted by molar-refractivity contribution is 6.22. The number of Topliss-reactive ketones (excluding diaryl/α,β-unsaturated/α-hetero) is 1. The first-order valence-electron chi connectivity index (χ1n) is 13.0. The number of likely N-dealkylation sites (N-methyl/N-ethyl adjacent to an activating group) is 1. The normalized spacial score (nSPS) is 30.5. The van der Waals surface area contributed by atoms with Crippen LogP contribution in [0.25, 0.3) is 0 Å². The number of aromatic hydroxyl groups is 1. The third kappa shape index (κ3) is 3.65. The van der Waals surface area contributed by atoms with E-state index in [1.54, 1.807) is 7.05 Å². The predicted octanol–water partition coefficient (Wildman–Crippen LogP) is 5.45. The minimum Gasteiger partial charge on any atom is -0.508 e. The maximum absolute atomic E-state index is 13.4. The summed E-state index contributed by atoms with van der Waals surface area (Å²) in [6.45, 7) is 11.7. The molecule has 0 aromatic heterocycles. The molecule has 3 aliphatic heterocycles. The van der Waals surface area contributed by atoms with Crippen LogP contribution < -0.4 is 4.74 Å². The third-order valence-electron chi connectivity index (χ3n) is 8.53. The van der Waals surface area contributed by atoms with E-state index in [1.165, 1.54) is 11.0 Å². The second-order valence-corrected chi connectivity index (χ2v) is 10.7. The molecule has 35 heavy (non-hydrogen) atoms. The van der Waals surface area contributed by atoms with Crippen molar-refractivity contribution in [2.75, 3.05) is 7.05 Å². The average molecular weight is 486 g/mol. The SMILES string of the molecule is CCCCCC[C@H](C)C(=O)C1=C(O)[C@]2(Oc3cc(O)c(C)c4c3[C@H](O[C@H](C)[C@H]4C)[C@H]2C)N(C)C1=O. The van der Waals surface area contributed by atoms with Gasteiger partial charge in [-0.2, -0.15) is 0 Å². The van der Waals surface area contributed by atoms with Crippen LogP contribution in [0.2, 0.25) is 0 Å². The van der Waals surface area contributed by atoms with Gasteiger partial charge >= 0.3 is 0 Å². The minimum absolute atomic E-state index is 0.0368. The lowest BCUT2D eigenvalue weighted by Crippen LogP contribution is -2.60. The fraction of sp³-hybridized carbons (Fsp3) is 0.643. The number of nitrogens with zero attached hydrogens (tertiary/aromatic N) is 1. The number of carbonyl (C=O) groups is 2. The Morgan fingerprint density at radius 1 is 1.17 bits per heavy atom. The first-order chi connectivity index (χ1) is 16.5. The van der Waals surface area contributed by atoms with Crippen LogP contribution in [-0.4, -0.2) is 45.7 Å². The number of hydrogen-bond acceptors (Lipinski definition) is 6. The Balaban J connectivity index is 1.78. The number of phenolic OH excluding ortho intramolecular Hbond substituents is 1. The van der Waals surface area contributed by atoms with Gasteiger partial charge in [0, 0.05) is 30.5 Å². The zero-order valence-electron chi connectivity index (χ0n) is 22.0. The Kier molecular flexibility index (Phi) is 6.68. The molecule has 0 bridgehead atoms. The Bertz CT molecular complexity index is 1080. The highest BCUT2D eigenvalue weighted by Gasteiger charge is 2.63. The lowest BCUT2D eigenvalue weighted by atomic mass is 9.75. The van der Waals surface area contributed by atoms with Gasteiger partial charge in [0.05, 0.1) is 18.1 Å². The van der Waals surface area contributed by atoms with Crippen LogP contribution in [-0.2, 0) is 14.3 Å². The zero-order valence-corrected chi connectivity index (χ0v) is 22.0. The van der Waals surface area contributed by atoms with Crippen LogP contribution in [0.15, 0.2) is 17.4 Å². The number of rotatable bonds is 7. The van der Waals surface area contributed by atoms with Crippen molar-refractivity contribution in [2.45, 2.75) is 97.5 Å². The van der Waals surface area contributed by atoms with E-state index >= 15 is 0 Å². The summed E-state index contributed by atoms with van der Waals surface area (Å²) < 4.78 is 12.9. The molecule has 0 radical (unpaired) electrons. The van der Waals surface area contributed by atoms with Crippen LogP contribution in [0.1, 0.15) is 95.4 Å². The lowest BCUT2D eigenvalue weighted by Gasteiger charge is -2.51. The van der Waals surface area contributed by atoms with Gasteiger partial charge < -0.3 is 19.7 Å². The molecule has 3 aliphatic rings. The van der Waals surface area contributed by atoms with Gasteiger partial charge in [0.15, 0.2) is 11.5 Å². The molecule has 192 valence electrons. The molecule has 0 aliphatic carbocycles. The molecule has 0 fully saturated rings. The van der Waals surface area contributed by atoms with Crippen molar-refractivity contribution < 1.29 is 29.3 Å². The molecule has 7 nitrogen and oxygen atoms in total. The molecule has 1 aromatic carbocycles. The van der Waals surface area contributed by atoms with Crippen molar-refractivity contribution in [3.05, 3.63) is 34.1 Å². The third-order valence-corrected chi connectivity index (χ3v) is 8.53. The molecule has 0 saturated carbocycles. The van der Waals surface area contributed by atoms with E-state index in [-0.39, 0.29) is 40.8 Å². The second-order valence-electron chi connectivity index (χ2n) is 10.7. The quantitative estimate of drug-likeness (QED) is 0.394. The van der Waals surface area contributed by atoms with E-state index in [2.05, 4.69) is 13.8 Å². The second kappa shape index (κ2) is 9.16. The fourth-order valence-corrected chi connectivity index (χ4v) is 6.11. The Labute approximate surface area is 208 Å². The summed E-state index contributed by atoms with van der Waals surface area (Å²) in [6, 6.07) is 1.53. The number of unbranched alkanes of at least 4 members (excludes halogenated alkanes) is 3. The summed E-state index contributed by atoms with van der Waals surface area (Å²) in [4.78, 5) is 28.1. The van der Waals surface area contributed by atoms with Crippen molar-refractivity contribution in [1.82, 2.24) is 4.90 Å². The minimum atomic E-state index is -1.58. The van der Waals surface area contributed by atoms with Crippen LogP contribution in [0.3, 0.4) is 0 Å². The van der Waals surface area contributed by atoms with Gasteiger partial charge in [0.2, 0.25) is 5.72 Å². The van der Waals surface area contributed by atoms with Gasteiger partial charge in [-0.25, -0.2) is 0 Å². The molecule has 1 aromatic rings. The van der Waals surface area contributed by atoms with Crippen LogP contribution in [0.4, 0.5) is 0 Å². The van der Waals surface area contributed by atoms with Gasteiger partial charge in [0.1, 0.15) is 17.1 Å². The van der Waals surface area contributed by atoms with Gasteiger partial charge in [0.25, 0.3) is 5.91 Å². The maximum Gasteiger partial charge on any atom is 0.264 e. The van der Waals surface area contributed by atoms with Gasteiger partial charge in [-0.05, 0) is 31.4 Å². The first kappa shape index (κ1) is 25.5. The largest absolute Gasteiger partial charge is 0.508 e. The van der Waals surface area contributed by atoms with E-state index in [0.717, 1.165) is 42.4 Å². The number of benzene rings is 1. The smallest absolute Gasteiger partial charge is 0.264 e. The molecule has 1 amide bonds. The number of carbonyl (C=O) groups excluding carboxylic acids is 2. The van der Waals surface area contributed by atoms with E-state index < -0.39 is 23.7 Å². The Hall–Kier alpha value is -2.54. The number of ketones is 1. The number of phenols is 1. The highest BCUT2D eigenvalue weighted by atomic mass is 16.6. The molecule has 7 heteroatoms. The lowest BCUT2D eigenvalue weighted by molar-refractivity contribution is -0.179. The molecule has 4 rings (SSSR count). The Morgan fingerprint density at radius 2 is 1.86 bits per heavy atom. The average Bonchev–Trinajstić information content (AvgIpc) is 3.00. The summed E-state index contributed by atoms with van der Waals surface area (Å²) in [5.74, 6) is -1.63. The number of aliphatic hydroxyl groups is 1. The number of aliphatic hydroxyl groups excluding tert-OH is 1. The van der Waals surface area contributed by atoms with Crippen molar-refractivity contribution in [2.24, 2.45) is 11.8 Å². The highest BCUT2D eigenvalue weighted by Crippen LogP contribution is 2.58. The molecular weight excluding hydrogens is 446 g/mol. The fourth-order valence-electron chi connectivity index (χ4n) is 6.11. The molecule has 6 atom stereocenters. The summed E-state index contributed by atoms with van der Waals surface area (Å²) >= 11 is 0. The number of ether oxygens (including phenoxy) is 2. The molecule has 0 saturated heterocycles.